The summed E-state index contributed by atoms with van der Waals surface area (Å²) in [6, 6.07) is 6.13. The van der Waals surface area contributed by atoms with Crippen LogP contribution in [0.25, 0.3) is 10.9 Å². The van der Waals surface area contributed by atoms with Gasteiger partial charge in [0.1, 0.15) is 0 Å². The van der Waals surface area contributed by atoms with Crippen LogP contribution in [0.1, 0.15) is 15.9 Å². The predicted octanol–water partition coefficient (Wildman–Crippen LogP) is -0.00840. The molecule has 11 heteroatoms. The number of hydrogen-bond donors (Lipinski definition) is 3. The molecule has 1 aromatic carbocycles. The first-order valence-corrected chi connectivity index (χ1v) is 7.21. The Kier molecular flexibility index (Phi) is 10.9. The number of hydrogen-bond acceptors (Lipinski definition) is 3. The van der Waals surface area contributed by atoms with E-state index in [1.807, 2.05) is 0 Å². The van der Waals surface area contributed by atoms with Gasteiger partial charge >= 0.3 is 5.97 Å². The summed E-state index contributed by atoms with van der Waals surface area (Å²) in [5.41, 5.74) is 8.82. The molecule has 133 valence electrons. The number of carbonyl (C=O) groups is 1. The number of benzene rings is 1. The van der Waals surface area contributed by atoms with Gasteiger partial charge in [-0.3, -0.25) is 10.6 Å². The van der Waals surface area contributed by atoms with Gasteiger partial charge in [0.15, 0.2) is 34.7 Å². The zero-order valence-corrected chi connectivity index (χ0v) is 15.5. The molecule has 0 aliphatic carbocycles. The van der Waals surface area contributed by atoms with Crippen molar-refractivity contribution in [3.05, 3.63) is 46.2 Å². The number of aromatic carboxylic acids is 1. The third-order valence-corrected chi connectivity index (χ3v) is 3.09. The van der Waals surface area contributed by atoms with Crippen molar-refractivity contribution in [3.63, 3.8) is 0 Å². The molecular formula is C13H16CuN6O2S2. The number of nitrogens with one attached hydrogen (secondary N) is 2. The Labute approximate surface area is 160 Å². The molecule has 0 saturated carbocycles. The largest absolute Gasteiger partial charge is 0.515 e. The van der Waals surface area contributed by atoms with Gasteiger partial charge in [-0.1, -0.05) is 12.1 Å². The van der Waals surface area contributed by atoms with Gasteiger partial charge in [0.25, 0.3) is 0 Å². The molecule has 1 radical (unpaired) electrons. The van der Waals surface area contributed by atoms with Crippen LogP contribution in [0.15, 0.2) is 34.5 Å². The fourth-order valence-electron chi connectivity index (χ4n) is 1.28. The summed E-state index contributed by atoms with van der Waals surface area (Å²) in [5.74, 6) is -1.01. The van der Waals surface area contributed by atoms with E-state index in [0.29, 0.717) is 21.5 Å². The van der Waals surface area contributed by atoms with Crippen LogP contribution in [0, 0.1) is 0 Å². The van der Waals surface area contributed by atoms with Gasteiger partial charge in [-0.2, -0.15) is 0 Å². The summed E-state index contributed by atoms with van der Waals surface area (Å²) in [6.45, 7) is 0. The third-order valence-electron chi connectivity index (χ3n) is 2.46. The van der Waals surface area contributed by atoms with Crippen LogP contribution in [0.2, 0.25) is 0 Å². The molecule has 0 aliphatic heterocycles. The number of carboxylic acids is 1. The SMILES string of the molecule is CNC(=[SH+])[N-]N=CC(=N[N-]C(=[SH+])NC)c1ccc(C(=O)O)cc1.[Cu]. The molecule has 1 aromatic rings. The monoisotopic (exact) mass is 415 g/mol. The van der Waals surface area contributed by atoms with Crippen LogP contribution < -0.4 is 10.6 Å². The molecule has 1 rings (SSSR count). The van der Waals surface area contributed by atoms with Crippen molar-refractivity contribution in [3.8, 4) is 0 Å². The molecular weight excluding hydrogens is 400 g/mol. The molecule has 0 saturated heterocycles. The van der Waals surface area contributed by atoms with Gasteiger partial charge < -0.3 is 26.2 Å². The van der Waals surface area contributed by atoms with Gasteiger partial charge in [0, 0.05) is 23.3 Å². The van der Waals surface area contributed by atoms with E-state index in [0.717, 1.165) is 0 Å². The molecule has 0 spiro atoms. The maximum atomic E-state index is 10.9. The second-order valence-corrected chi connectivity index (χ2v) is 4.81. The normalized spacial score (nSPS) is 10.8. The van der Waals surface area contributed by atoms with E-state index >= 15 is 0 Å². The predicted molar refractivity (Wildman–Crippen MR) is 101 cm³/mol. The fraction of sp³-hybridized carbons (Fsp3) is 0.154. The average molecular weight is 416 g/mol. The maximum absolute atomic E-state index is 10.9. The average Bonchev–Trinajstić information content (AvgIpc) is 2.57. The first kappa shape index (κ1) is 22.2. The summed E-state index contributed by atoms with van der Waals surface area (Å²) >= 11 is 8.08. The Bertz CT molecular complexity index is 648. The quantitative estimate of drug-likeness (QED) is 0.157. The van der Waals surface area contributed by atoms with Gasteiger partial charge in [0.2, 0.25) is 0 Å². The number of nitrogens with zero attached hydrogens (tertiary/aromatic N) is 4. The number of rotatable bonds is 5. The van der Waals surface area contributed by atoms with E-state index in [9.17, 15) is 4.79 Å². The van der Waals surface area contributed by atoms with E-state index in [1.165, 1.54) is 18.3 Å². The topological polar surface area (TPSA) is 114 Å². The molecule has 0 aliphatic rings. The minimum atomic E-state index is -1.01. The summed E-state index contributed by atoms with van der Waals surface area (Å²) in [7, 11) is 3.31. The van der Waals surface area contributed by atoms with Crippen LogP contribution in [0.5, 0.6) is 0 Å². The van der Waals surface area contributed by atoms with Gasteiger partial charge in [-0.05, 0) is 31.8 Å². The molecule has 0 heterocycles. The zero-order valence-electron chi connectivity index (χ0n) is 12.7. The summed E-state index contributed by atoms with van der Waals surface area (Å²) in [4.78, 5) is 10.9. The summed E-state index contributed by atoms with van der Waals surface area (Å²) in [6.07, 6.45) is 1.38. The second kappa shape index (κ2) is 11.7. The molecule has 0 unspecified atom stereocenters. The molecule has 0 amide bonds. The van der Waals surface area contributed by atoms with Crippen LogP contribution in [0.3, 0.4) is 0 Å². The van der Waals surface area contributed by atoms with Crippen LogP contribution in [-0.4, -0.2) is 47.3 Å². The molecule has 24 heavy (non-hydrogen) atoms. The molecule has 0 atom stereocenters. The van der Waals surface area contributed by atoms with Crippen molar-refractivity contribution < 1.29 is 27.0 Å². The summed E-state index contributed by atoms with van der Waals surface area (Å²) < 4.78 is 0. The zero-order chi connectivity index (χ0) is 17.2. The minimum Gasteiger partial charge on any atom is -0.515 e. The Morgan fingerprint density at radius 1 is 1.08 bits per heavy atom. The van der Waals surface area contributed by atoms with Gasteiger partial charge in [-0.25, -0.2) is 4.79 Å². The molecule has 3 N–H and O–H groups in total. The molecule has 0 fully saturated rings. The third kappa shape index (κ3) is 7.68. The van der Waals surface area contributed by atoms with Crippen molar-refractivity contribution in [1.82, 2.24) is 10.6 Å². The first-order valence-electron chi connectivity index (χ1n) is 6.31. The van der Waals surface area contributed by atoms with Crippen molar-refractivity contribution in [1.29, 1.82) is 0 Å². The van der Waals surface area contributed by atoms with E-state index in [1.54, 1.807) is 26.2 Å². The minimum absolute atomic E-state index is 0. The van der Waals surface area contributed by atoms with Crippen molar-refractivity contribution >= 4 is 52.6 Å². The van der Waals surface area contributed by atoms with Crippen molar-refractivity contribution in [2.75, 3.05) is 14.1 Å². The number of thiol groups is 2. The van der Waals surface area contributed by atoms with E-state index in [-0.39, 0.29) is 22.6 Å². The second-order valence-electron chi connectivity index (χ2n) is 3.96. The maximum Gasteiger partial charge on any atom is 0.335 e. The van der Waals surface area contributed by atoms with Gasteiger partial charge in [-0.15, -0.1) is 0 Å². The van der Waals surface area contributed by atoms with E-state index in [4.69, 9.17) is 5.11 Å². The Hall–Kier alpha value is -1.75. The van der Waals surface area contributed by atoms with Crippen LogP contribution in [0.4, 0.5) is 0 Å². The molecule has 0 aromatic heterocycles. The van der Waals surface area contributed by atoms with Crippen molar-refractivity contribution in [2.45, 2.75) is 0 Å². The smallest absolute Gasteiger partial charge is 0.335 e. The molecule has 0 bridgehead atoms. The van der Waals surface area contributed by atoms with Gasteiger partial charge in [0.05, 0.1) is 11.3 Å². The molecule has 8 nitrogen and oxygen atoms in total. The Morgan fingerprint density at radius 3 is 2.08 bits per heavy atom. The van der Waals surface area contributed by atoms with Crippen LogP contribution in [-0.2, 0) is 41.5 Å². The Balaban J connectivity index is 0.00000529. The summed E-state index contributed by atoms with van der Waals surface area (Å²) in [5, 5.41) is 22.8. The first-order chi connectivity index (χ1) is 11.0. The number of carboxylic acid groups (broad SMARTS) is 1. The Morgan fingerprint density at radius 2 is 1.58 bits per heavy atom. The van der Waals surface area contributed by atoms with E-state index < -0.39 is 5.97 Å². The van der Waals surface area contributed by atoms with Crippen molar-refractivity contribution in [2.24, 2.45) is 10.2 Å². The fourth-order valence-corrected chi connectivity index (χ4v) is 1.38. The van der Waals surface area contributed by atoms with Crippen LogP contribution >= 0.6 is 0 Å². The van der Waals surface area contributed by atoms with E-state index in [2.05, 4.69) is 56.1 Å². The standard InChI is InChI=1S/C13H16N6O2S2.Cu/c1-14-12(22)18-16-7-10(17-19-13(23)15-2)8-3-5-9(6-4-8)11(20)21;/h3-7H,1-2H3,(H5,14,15,16,17,18,19,20,21,22,23);.